The van der Waals surface area contributed by atoms with Crippen molar-refractivity contribution >= 4 is 5.82 Å². The van der Waals surface area contributed by atoms with E-state index in [1.165, 1.54) is 35.2 Å². The summed E-state index contributed by atoms with van der Waals surface area (Å²) in [5.74, 6) is 0.971. The molecule has 1 aromatic heterocycles. The van der Waals surface area contributed by atoms with Gasteiger partial charge in [0.05, 0.1) is 0 Å². The van der Waals surface area contributed by atoms with Crippen LogP contribution in [-0.2, 0) is 25.9 Å². The van der Waals surface area contributed by atoms with Gasteiger partial charge in [-0.2, -0.15) is 0 Å². The lowest BCUT2D eigenvalue weighted by atomic mass is 10.1. The second-order valence-electron chi connectivity index (χ2n) is 5.03. The highest BCUT2D eigenvalue weighted by Crippen LogP contribution is 2.21. The zero-order chi connectivity index (χ0) is 13.1. The first-order chi connectivity index (χ1) is 9.35. The summed E-state index contributed by atoms with van der Waals surface area (Å²) in [5.41, 5.74) is 10.7. The lowest BCUT2D eigenvalue weighted by molar-refractivity contribution is 0.899. The molecule has 0 amide bonds. The van der Waals surface area contributed by atoms with Crippen LogP contribution in [-0.4, -0.2) is 4.98 Å². The van der Waals surface area contributed by atoms with Crippen molar-refractivity contribution in [2.45, 2.75) is 32.4 Å². The Balaban J connectivity index is 1.68. The van der Waals surface area contributed by atoms with Gasteiger partial charge in [0.2, 0.25) is 0 Å². The minimum absolute atomic E-state index is 0.588. The zero-order valence-electron chi connectivity index (χ0n) is 11.0. The third-order valence-corrected chi connectivity index (χ3v) is 3.63. The second-order valence-corrected chi connectivity index (χ2v) is 5.03. The number of aryl methyl sites for hydroxylation is 2. The van der Waals surface area contributed by atoms with Crippen LogP contribution in [0.15, 0.2) is 36.4 Å². The maximum absolute atomic E-state index is 5.65. The number of pyridine rings is 1. The van der Waals surface area contributed by atoms with Crippen molar-refractivity contribution in [2.75, 3.05) is 5.32 Å². The lowest BCUT2D eigenvalue weighted by Gasteiger charge is -2.08. The van der Waals surface area contributed by atoms with Crippen LogP contribution < -0.4 is 11.1 Å². The summed E-state index contributed by atoms with van der Waals surface area (Å²) in [6.45, 7) is 1.38. The normalized spacial score (nSPS) is 13.3. The summed E-state index contributed by atoms with van der Waals surface area (Å²) < 4.78 is 0. The predicted molar refractivity (Wildman–Crippen MR) is 77.9 cm³/mol. The second kappa shape index (κ2) is 5.41. The molecule has 1 heterocycles. The average molecular weight is 253 g/mol. The SMILES string of the molecule is NCc1cccc(CNc2ccc3c(n2)CCC3)c1. The summed E-state index contributed by atoms with van der Waals surface area (Å²) in [4.78, 5) is 4.68. The number of hydrogen-bond acceptors (Lipinski definition) is 3. The van der Waals surface area contributed by atoms with E-state index in [1.807, 2.05) is 0 Å². The quantitative estimate of drug-likeness (QED) is 0.880. The van der Waals surface area contributed by atoms with Gasteiger partial charge < -0.3 is 11.1 Å². The molecule has 19 heavy (non-hydrogen) atoms. The Morgan fingerprint density at radius 3 is 2.89 bits per heavy atom. The van der Waals surface area contributed by atoms with E-state index in [9.17, 15) is 0 Å². The summed E-state index contributed by atoms with van der Waals surface area (Å²) in [6.07, 6.45) is 3.54. The smallest absolute Gasteiger partial charge is 0.126 e. The Kier molecular flexibility index (Phi) is 3.47. The molecule has 98 valence electrons. The molecule has 0 fully saturated rings. The first-order valence-corrected chi connectivity index (χ1v) is 6.86. The third kappa shape index (κ3) is 2.76. The molecule has 1 aliphatic carbocycles. The van der Waals surface area contributed by atoms with E-state index in [2.05, 4.69) is 46.7 Å². The van der Waals surface area contributed by atoms with Crippen LogP contribution in [0.2, 0.25) is 0 Å². The molecule has 0 radical (unpaired) electrons. The van der Waals surface area contributed by atoms with Crippen molar-refractivity contribution in [1.82, 2.24) is 4.98 Å². The van der Waals surface area contributed by atoms with E-state index in [-0.39, 0.29) is 0 Å². The molecule has 0 atom stereocenters. The highest BCUT2D eigenvalue weighted by Gasteiger charge is 2.12. The predicted octanol–water partition coefficient (Wildman–Crippen LogP) is 2.64. The molecule has 0 spiro atoms. The number of hydrogen-bond donors (Lipinski definition) is 2. The van der Waals surface area contributed by atoms with Crippen molar-refractivity contribution in [3.05, 3.63) is 58.8 Å². The average Bonchev–Trinajstić information content (AvgIpc) is 2.93. The van der Waals surface area contributed by atoms with Crippen LogP contribution in [0.1, 0.15) is 28.8 Å². The summed E-state index contributed by atoms with van der Waals surface area (Å²) in [7, 11) is 0. The number of fused-ring (bicyclic) bond motifs is 1. The number of benzene rings is 1. The fourth-order valence-corrected chi connectivity index (χ4v) is 2.58. The van der Waals surface area contributed by atoms with Crippen LogP contribution in [0.3, 0.4) is 0 Å². The number of anilines is 1. The van der Waals surface area contributed by atoms with Crippen LogP contribution >= 0.6 is 0 Å². The van der Waals surface area contributed by atoms with Crippen LogP contribution in [0, 0.1) is 0 Å². The van der Waals surface area contributed by atoms with E-state index in [4.69, 9.17) is 5.73 Å². The summed E-state index contributed by atoms with van der Waals surface area (Å²) in [6, 6.07) is 12.6. The maximum atomic E-state index is 5.65. The molecule has 3 heteroatoms. The Morgan fingerprint density at radius 1 is 1.11 bits per heavy atom. The van der Waals surface area contributed by atoms with Crippen LogP contribution in [0.25, 0.3) is 0 Å². The largest absolute Gasteiger partial charge is 0.366 e. The van der Waals surface area contributed by atoms with Crippen molar-refractivity contribution < 1.29 is 0 Å². The molecule has 3 rings (SSSR count). The summed E-state index contributed by atoms with van der Waals surface area (Å²) >= 11 is 0. The summed E-state index contributed by atoms with van der Waals surface area (Å²) in [5, 5.41) is 3.39. The molecule has 1 aromatic carbocycles. The Morgan fingerprint density at radius 2 is 2.00 bits per heavy atom. The van der Waals surface area contributed by atoms with E-state index in [0.29, 0.717) is 6.54 Å². The van der Waals surface area contributed by atoms with Gasteiger partial charge in [-0.1, -0.05) is 30.3 Å². The molecule has 0 unspecified atom stereocenters. The molecule has 0 bridgehead atoms. The topological polar surface area (TPSA) is 50.9 Å². The Labute approximate surface area is 113 Å². The number of rotatable bonds is 4. The molecule has 0 saturated carbocycles. The number of nitrogens with two attached hydrogens (primary N) is 1. The van der Waals surface area contributed by atoms with Gasteiger partial charge in [0.25, 0.3) is 0 Å². The third-order valence-electron chi connectivity index (χ3n) is 3.63. The Bertz CT molecular complexity index is 578. The van der Waals surface area contributed by atoms with Gasteiger partial charge in [0.1, 0.15) is 5.82 Å². The van der Waals surface area contributed by atoms with Crippen LogP contribution in [0.5, 0.6) is 0 Å². The van der Waals surface area contributed by atoms with Gasteiger partial charge in [-0.05, 0) is 42.0 Å². The van der Waals surface area contributed by atoms with E-state index >= 15 is 0 Å². The van der Waals surface area contributed by atoms with E-state index < -0.39 is 0 Å². The molecule has 0 saturated heterocycles. The standard InChI is InChI=1S/C16H19N3/c17-10-12-3-1-4-13(9-12)11-18-16-8-7-14-5-2-6-15(14)19-16/h1,3-4,7-9H,2,5-6,10-11,17H2,(H,18,19). The first-order valence-electron chi connectivity index (χ1n) is 6.86. The molecular weight excluding hydrogens is 234 g/mol. The zero-order valence-corrected chi connectivity index (χ0v) is 11.0. The minimum atomic E-state index is 0.588. The fourth-order valence-electron chi connectivity index (χ4n) is 2.58. The minimum Gasteiger partial charge on any atom is -0.366 e. The van der Waals surface area contributed by atoms with Gasteiger partial charge in [0, 0.05) is 18.8 Å². The van der Waals surface area contributed by atoms with Gasteiger partial charge in [-0.15, -0.1) is 0 Å². The van der Waals surface area contributed by atoms with Gasteiger partial charge in [0.15, 0.2) is 0 Å². The number of aromatic nitrogens is 1. The van der Waals surface area contributed by atoms with Gasteiger partial charge in [-0.25, -0.2) is 4.98 Å². The highest BCUT2D eigenvalue weighted by atomic mass is 15.0. The molecule has 0 aliphatic heterocycles. The molecule has 3 N–H and O–H groups in total. The first kappa shape index (κ1) is 12.2. The Hall–Kier alpha value is -1.87. The van der Waals surface area contributed by atoms with Crippen LogP contribution in [0.4, 0.5) is 5.82 Å². The number of nitrogens with one attached hydrogen (secondary N) is 1. The molecular formula is C16H19N3. The fraction of sp³-hybridized carbons (Fsp3) is 0.312. The van der Waals surface area contributed by atoms with Gasteiger partial charge >= 0.3 is 0 Å². The van der Waals surface area contributed by atoms with Crippen molar-refractivity contribution in [3.63, 3.8) is 0 Å². The van der Waals surface area contributed by atoms with E-state index in [0.717, 1.165) is 18.8 Å². The van der Waals surface area contributed by atoms with Crippen molar-refractivity contribution in [1.29, 1.82) is 0 Å². The monoisotopic (exact) mass is 253 g/mol. The van der Waals surface area contributed by atoms with E-state index in [1.54, 1.807) is 0 Å². The van der Waals surface area contributed by atoms with Crippen molar-refractivity contribution in [2.24, 2.45) is 5.73 Å². The highest BCUT2D eigenvalue weighted by molar-refractivity contribution is 5.41. The molecule has 1 aliphatic rings. The van der Waals surface area contributed by atoms with Crippen molar-refractivity contribution in [3.8, 4) is 0 Å². The number of nitrogens with zero attached hydrogens (tertiary/aromatic N) is 1. The maximum Gasteiger partial charge on any atom is 0.126 e. The molecule has 3 nitrogen and oxygen atoms in total. The lowest BCUT2D eigenvalue weighted by Crippen LogP contribution is -2.04. The molecule has 2 aromatic rings. The van der Waals surface area contributed by atoms with Gasteiger partial charge in [-0.3, -0.25) is 0 Å².